The second-order valence-electron chi connectivity index (χ2n) is 18.0. The molecule has 0 aliphatic carbocycles. The fourth-order valence-corrected chi connectivity index (χ4v) is 9.40. The number of aliphatic hydroxyl groups excluding tert-OH is 1. The van der Waals surface area contributed by atoms with Gasteiger partial charge in [-0.25, -0.2) is 9.78 Å². The van der Waals surface area contributed by atoms with Crippen molar-refractivity contribution in [3.63, 3.8) is 0 Å². The zero-order valence-corrected chi connectivity index (χ0v) is 38.7. The highest BCUT2D eigenvalue weighted by Gasteiger charge is 2.53. The molecule has 1 aromatic heterocycles. The average Bonchev–Trinajstić information content (AvgIpc) is 3.54. The van der Waals surface area contributed by atoms with Gasteiger partial charge < -0.3 is 28.8 Å². The number of cyclic esters (lactones) is 1. The van der Waals surface area contributed by atoms with E-state index < -0.39 is 88.7 Å². The van der Waals surface area contributed by atoms with Crippen molar-refractivity contribution in [3.8, 4) is 5.75 Å². The number of benzene rings is 2. The number of allylic oxidation sites excluding steroid dienone is 1. The van der Waals surface area contributed by atoms with Gasteiger partial charge in [-0.1, -0.05) is 51.8 Å². The molecule has 0 saturated carbocycles. The Balaban J connectivity index is 1.11. The van der Waals surface area contributed by atoms with E-state index >= 15 is 0 Å². The normalized spacial score (nSPS) is 25.8. The lowest BCUT2D eigenvalue weighted by molar-refractivity contribution is -0.385. The number of nitro benzene ring substituents is 1. The number of esters is 2. The van der Waals surface area contributed by atoms with E-state index in [0.717, 1.165) is 31.8 Å². The van der Waals surface area contributed by atoms with Crippen LogP contribution in [0.3, 0.4) is 0 Å². The second-order valence-corrected chi connectivity index (χ2v) is 19.3. The first-order chi connectivity index (χ1) is 31.3. The van der Waals surface area contributed by atoms with Gasteiger partial charge in [0.05, 0.1) is 55.7 Å². The molecule has 0 spiro atoms. The van der Waals surface area contributed by atoms with Gasteiger partial charge >= 0.3 is 23.8 Å². The number of carbonyl (C=O) groups is 6. The summed E-state index contributed by atoms with van der Waals surface area (Å²) in [5, 5.41) is 24.5. The van der Waals surface area contributed by atoms with E-state index in [2.05, 4.69) is 11.6 Å². The number of amides is 2. The lowest BCUT2D eigenvalue weighted by atomic mass is 9.71. The summed E-state index contributed by atoms with van der Waals surface area (Å²) in [5.74, 6) is -4.39. The molecular weight excluding hydrogens is 875 g/mol. The van der Waals surface area contributed by atoms with Gasteiger partial charge in [-0.3, -0.25) is 39.0 Å². The Bertz CT molecular complexity index is 2380. The summed E-state index contributed by atoms with van der Waals surface area (Å²) < 4.78 is 30.0. The Morgan fingerprint density at radius 2 is 1.82 bits per heavy atom. The number of hydrogen-bond donors (Lipinski definition) is 1. The molecular formula is C48H57N3O14S. The van der Waals surface area contributed by atoms with Crippen LogP contribution in [0.2, 0.25) is 0 Å². The highest BCUT2D eigenvalue weighted by atomic mass is 32.1. The molecule has 66 heavy (non-hydrogen) atoms. The van der Waals surface area contributed by atoms with E-state index in [9.17, 15) is 44.0 Å². The Morgan fingerprint density at radius 3 is 2.53 bits per heavy atom. The monoisotopic (exact) mass is 931 g/mol. The van der Waals surface area contributed by atoms with Crippen molar-refractivity contribution < 1.29 is 62.5 Å². The quantitative estimate of drug-likeness (QED) is 0.0235. The standard InChI is InChI=1S/C48H57N3O14S/c1-7-12-32-44(64-46(58)61-27-30-15-17-35(34(23-30)51(59)60)62-42(55)14-9-8-10-22-50-40(53)19-20-41(50)54)28(2)13-11-21-48(6)39(65-48)25-36(31-16-18-37-33(24-31)49-29(3)66-37)63-43(56)26-38(52)47(4,5)45(32)57/h7,15-20,23-24,28,32,36,38-39,44,52H,1,8-14,21-22,25-27H2,2-6H3/t28-,32+,36-,38-,39-,44-,48+/m0/s1. The lowest BCUT2D eigenvalue weighted by Gasteiger charge is -2.37. The van der Waals surface area contributed by atoms with Crippen LogP contribution in [0.1, 0.15) is 114 Å². The zero-order chi connectivity index (χ0) is 47.9. The van der Waals surface area contributed by atoms with E-state index in [1.54, 1.807) is 11.3 Å². The van der Waals surface area contributed by atoms with Crippen LogP contribution in [0, 0.1) is 34.3 Å². The number of aliphatic hydroxyl groups is 1. The van der Waals surface area contributed by atoms with Crippen LogP contribution < -0.4 is 4.74 Å². The molecule has 354 valence electrons. The largest absolute Gasteiger partial charge is 0.508 e. The number of ether oxygens (including phenoxy) is 5. The van der Waals surface area contributed by atoms with Gasteiger partial charge in [-0.15, -0.1) is 17.9 Å². The van der Waals surface area contributed by atoms with E-state index in [1.807, 2.05) is 39.0 Å². The first kappa shape index (κ1) is 49.6. The number of thiazole rings is 1. The van der Waals surface area contributed by atoms with E-state index in [0.29, 0.717) is 44.9 Å². The minimum absolute atomic E-state index is 0.0640. The summed E-state index contributed by atoms with van der Waals surface area (Å²) in [6, 6.07) is 9.49. The molecule has 7 atom stereocenters. The predicted molar refractivity (Wildman–Crippen MR) is 240 cm³/mol. The second kappa shape index (κ2) is 21.2. The maximum atomic E-state index is 14.5. The molecule has 0 unspecified atom stereocenters. The van der Waals surface area contributed by atoms with Gasteiger partial charge in [0.25, 0.3) is 11.8 Å². The summed E-state index contributed by atoms with van der Waals surface area (Å²) in [4.78, 5) is 94.6. The molecule has 2 amide bonds. The summed E-state index contributed by atoms with van der Waals surface area (Å²) in [7, 11) is 0. The molecule has 0 radical (unpaired) electrons. The molecule has 3 aliphatic rings. The molecule has 17 nitrogen and oxygen atoms in total. The van der Waals surface area contributed by atoms with Crippen molar-refractivity contribution in [1.29, 1.82) is 0 Å². The predicted octanol–water partition coefficient (Wildman–Crippen LogP) is 8.12. The first-order valence-corrected chi connectivity index (χ1v) is 23.0. The molecule has 2 aromatic carbocycles. The molecule has 6 rings (SSSR count). The lowest BCUT2D eigenvalue weighted by Crippen LogP contribution is -2.47. The number of nitro groups is 1. The van der Waals surface area contributed by atoms with Gasteiger partial charge in [0.1, 0.15) is 24.6 Å². The number of carbonyl (C=O) groups excluding carboxylic acids is 6. The summed E-state index contributed by atoms with van der Waals surface area (Å²) in [5.41, 5.74) is -0.849. The molecule has 2 saturated heterocycles. The third-order valence-electron chi connectivity index (χ3n) is 12.7. The number of unbranched alkanes of at least 4 members (excludes halogenated alkanes) is 2. The number of ketones is 1. The van der Waals surface area contributed by atoms with Crippen molar-refractivity contribution in [2.45, 2.75) is 135 Å². The molecule has 3 aromatic rings. The van der Waals surface area contributed by atoms with Crippen molar-refractivity contribution in [2.75, 3.05) is 6.54 Å². The van der Waals surface area contributed by atoms with Crippen LogP contribution in [0.25, 0.3) is 10.2 Å². The topological polar surface area (TPSA) is 231 Å². The van der Waals surface area contributed by atoms with Gasteiger partial charge in [0.2, 0.25) is 5.75 Å². The zero-order valence-electron chi connectivity index (χ0n) is 37.9. The minimum Gasteiger partial charge on any atom is -0.457 e. The van der Waals surface area contributed by atoms with Crippen LogP contribution in [0.15, 0.2) is 61.2 Å². The Labute approximate surface area is 386 Å². The Morgan fingerprint density at radius 1 is 1.08 bits per heavy atom. The molecule has 1 N–H and O–H groups in total. The van der Waals surface area contributed by atoms with Crippen LogP contribution in [0.4, 0.5) is 10.5 Å². The molecule has 0 bridgehead atoms. The van der Waals surface area contributed by atoms with Gasteiger partial charge in [0, 0.05) is 37.6 Å². The summed E-state index contributed by atoms with van der Waals surface area (Å²) >= 11 is 1.56. The maximum Gasteiger partial charge on any atom is 0.508 e. The molecule has 2 fully saturated rings. The number of nitrogens with zero attached hydrogens (tertiary/aromatic N) is 3. The maximum absolute atomic E-state index is 14.5. The number of fused-ring (bicyclic) bond motifs is 2. The molecule has 4 heterocycles. The van der Waals surface area contributed by atoms with E-state index in [1.165, 1.54) is 44.2 Å². The van der Waals surface area contributed by atoms with Gasteiger partial charge in [-0.2, -0.15) is 0 Å². The summed E-state index contributed by atoms with van der Waals surface area (Å²) in [6.07, 6.45) is 2.28. The SMILES string of the molecule is C=CC[C@H]1C(=O)C(C)(C)[C@@H](O)CC(=O)O[C@H](c2ccc3sc(C)nc3c2)C[C@@H]2O[C@]2(C)CCC[C@H](C)[C@@H]1OC(=O)OCc1ccc(OC(=O)CCCCCN2C(=O)C=CC2=O)c([N+](=O)[O-])c1. The third-order valence-corrected chi connectivity index (χ3v) is 13.7. The highest BCUT2D eigenvalue weighted by molar-refractivity contribution is 7.18. The first-order valence-electron chi connectivity index (χ1n) is 22.2. The number of rotatable bonds is 14. The number of hydrogen-bond acceptors (Lipinski definition) is 16. The van der Waals surface area contributed by atoms with Crippen molar-refractivity contribution in [3.05, 3.63) is 87.5 Å². The number of Topliss-reactive ketones (excluding diaryl/α,β-unsaturated/α-hetero) is 1. The highest BCUT2D eigenvalue weighted by Crippen LogP contribution is 2.47. The van der Waals surface area contributed by atoms with Crippen molar-refractivity contribution >= 4 is 62.9 Å². The number of aromatic nitrogens is 1. The number of epoxide rings is 1. The third kappa shape index (κ3) is 12.1. The van der Waals surface area contributed by atoms with Crippen molar-refractivity contribution in [1.82, 2.24) is 9.88 Å². The van der Waals surface area contributed by atoms with Gasteiger partial charge in [-0.05, 0) is 81.2 Å². The fraction of sp³-hybridized carbons (Fsp3) is 0.521. The number of aryl methyl sites for hydroxylation is 1. The summed E-state index contributed by atoms with van der Waals surface area (Å²) in [6.45, 7) is 12.4. The van der Waals surface area contributed by atoms with Gasteiger partial charge in [0.15, 0.2) is 0 Å². The van der Waals surface area contributed by atoms with Crippen molar-refractivity contribution in [2.24, 2.45) is 17.3 Å². The number of imide groups is 1. The van der Waals surface area contributed by atoms with Crippen LogP contribution in [-0.4, -0.2) is 86.1 Å². The fourth-order valence-electron chi connectivity index (χ4n) is 8.59. The van der Waals surface area contributed by atoms with Crippen LogP contribution >= 0.6 is 11.3 Å². The Kier molecular flexibility index (Phi) is 15.9. The average molecular weight is 932 g/mol. The van der Waals surface area contributed by atoms with Crippen LogP contribution in [-0.2, 0) is 49.5 Å². The van der Waals surface area contributed by atoms with Crippen LogP contribution in [0.5, 0.6) is 5.75 Å². The van der Waals surface area contributed by atoms with E-state index in [4.69, 9.17) is 23.7 Å². The smallest absolute Gasteiger partial charge is 0.457 e. The molecule has 3 aliphatic heterocycles. The van der Waals surface area contributed by atoms with E-state index in [-0.39, 0.29) is 48.6 Å². The Hall–Kier alpha value is -5.85. The minimum atomic E-state index is -1.52. The molecule has 18 heteroatoms.